The van der Waals surface area contributed by atoms with Gasteiger partial charge in [-0.3, -0.25) is 14.5 Å². The zero-order valence-electron chi connectivity index (χ0n) is 17.1. The largest absolute Gasteiger partial charge is 0.379 e. The van der Waals surface area contributed by atoms with E-state index in [2.05, 4.69) is 27.4 Å². The predicted molar refractivity (Wildman–Crippen MR) is 116 cm³/mol. The fraction of sp³-hybridized carbons (Fsp3) is 0.619. The van der Waals surface area contributed by atoms with Crippen molar-refractivity contribution < 1.29 is 14.3 Å². The Kier molecular flexibility index (Phi) is 8.15. The first-order valence-electron chi connectivity index (χ1n) is 10.4. The van der Waals surface area contributed by atoms with E-state index in [1.165, 1.54) is 0 Å². The highest BCUT2D eigenvalue weighted by atomic mass is 35.5. The number of carbonyl (C=O) groups is 2. The molecule has 2 aliphatic rings. The second kappa shape index (κ2) is 10.8. The number of benzene rings is 1. The molecular weight excluding hydrogens is 392 g/mol. The normalized spacial score (nSPS) is 18.5. The van der Waals surface area contributed by atoms with Crippen molar-refractivity contribution in [3.63, 3.8) is 0 Å². The van der Waals surface area contributed by atoms with E-state index in [4.69, 9.17) is 16.3 Å². The fourth-order valence-electron chi connectivity index (χ4n) is 3.76. The molecule has 0 aromatic heterocycles. The molecule has 0 atom stereocenters. The van der Waals surface area contributed by atoms with E-state index in [9.17, 15) is 9.59 Å². The first-order valence-corrected chi connectivity index (χ1v) is 10.9. The van der Waals surface area contributed by atoms with Crippen LogP contribution in [0.4, 0.5) is 11.4 Å². The van der Waals surface area contributed by atoms with E-state index < -0.39 is 0 Å². The first-order chi connectivity index (χ1) is 14.1. The van der Waals surface area contributed by atoms with Gasteiger partial charge in [0.25, 0.3) is 5.91 Å². The third-order valence-corrected chi connectivity index (χ3v) is 5.83. The maximum absolute atomic E-state index is 13.0. The molecule has 1 aromatic rings. The van der Waals surface area contributed by atoms with Gasteiger partial charge in [0.1, 0.15) is 5.88 Å². The van der Waals surface area contributed by atoms with Crippen molar-refractivity contribution >= 4 is 34.8 Å². The van der Waals surface area contributed by atoms with Crippen LogP contribution in [-0.4, -0.2) is 75.1 Å². The number of morpholine rings is 1. The number of halogens is 1. The summed E-state index contributed by atoms with van der Waals surface area (Å²) < 4.78 is 5.36. The van der Waals surface area contributed by atoms with Crippen molar-refractivity contribution in [1.82, 2.24) is 10.2 Å². The fourth-order valence-corrected chi connectivity index (χ4v) is 3.83. The molecule has 2 aliphatic heterocycles. The summed E-state index contributed by atoms with van der Waals surface area (Å²) in [5, 5.41) is 5.78. The number of ether oxygens (including phenoxy) is 1. The Balaban J connectivity index is 1.70. The van der Waals surface area contributed by atoms with Gasteiger partial charge in [-0.15, -0.1) is 11.6 Å². The lowest BCUT2D eigenvalue weighted by molar-refractivity contribution is -0.113. The van der Waals surface area contributed by atoms with E-state index >= 15 is 0 Å². The van der Waals surface area contributed by atoms with Gasteiger partial charge in [0, 0.05) is 50.6 Å². The number of carbonyl (C=O) groups excluding carboxylic acids is 2. The molecule has 2 saturated heterocycles. The Morgan fingerprint density at radius 1 is 1.17 bits per heavy atom. The first kappa shape index (κ1) is 21.9. The zero-order valence-corrected chi connectivity index (χ0v) is 17.8. The number of rotatable bonds is 7. The maximum atomic E-state index is 13.0. The van der Waals surface area contributed by atoms with Crippen LogP contribution in [0.1, 0.15) is 30.1 Å². The van der Waals surface area contributed by atoms with Gasteiger partial charge in [0.2, 0.25) is 5.91 Å². The number of nitrogens with zero attached hydrogens (tertiary/aromatic N) is 2. The van der Waals surface area contributed by atoms with Crippen molar-refractivity contribution in [3.8, 4) is 0 Å². The summed E-state index contributed by atoms with van der Waals surface area (Å²) in [7, 11) is 0. The molecule has 8 heteroatoms. The third-order valence-electron chi connectivity index (χ3n) is 5.59. The van der Waals surface area contributed by atoms with Crippen molar-refractivity contribution in [3.05, 3.63) is 23.8 Å². The molecule has 7 nitrogen and oxygen atoms in total. The number of hydrogen-bond donors (Lipinski definition) is 2. The molecule has 0 spiro atoms. The third kappa shape index (κ3) is 6.32. The Morgan fingerprint density at radius 2 is 1.90 bits per heavy atom. The molecule has 0 bridgehead atoms. The summed E-state index contributed by atoms with van der Waals surface area (Å²) in [6, 6.07) is 5.51. The van der Waals surface area contributed by atoms with E-state index in [0.717, 1.165) is 64.5 Å². The topological polar surface area (TPSA) is 73.9 Å². The van der Waals surface area contributed by atoms with Gasteiger partial charge in [0.05, 0.1) is 18.8 Å². The molecule has 0 unspecified atom stereocenters. The van der Waals surface area contributed by atoms with E-state index in [0.29, 0.717) is 23.7 Å². The lowest BCUT2D eigenvalue weighted by Crippen LogP contribution is -2.41. The lowest BCUT2D eigenvalue weighted by Gasteiger charge is -2.33. The number of piperidine rings is 1. The maximum Gasteiger partial charge on any atom is 0.253 e. The molecule has 2 N–H and O–H groups in total. The highest BCUT2D eigenvalue weighted by Crippen LogP contribution is 2.28. The number of hydrogen-bond acceptors (Lipinski definition) is 5. The van der Waals surface area contributed by atoms with Crippen molar-refractivity contribution in [2.45, 2.75) is 19.8 Å². The highest BCUT2D eigenvalue weighted by Gasteiger charge is 2.22. The molecule has 0 saturated carbocycles. The van der Waals surface area contributed by atoms with Crippen LogP contribution in [0.25, 0.3) is 0 Å². The van der Waals surface area contributed by atoms with E-state index in [-0.39, 0.29) is 17.7 Å². The molecule has 160 valence electrons. The summed E-state index contributed by atoms with van der Waals surface area (Å²) in [6.45, 7) is 8.79. The van der Waals surface area contributed by atoms with Crippen LogP contribution in [0.3, 0.4) is 0 Å². The SMILES string of the molecule is CC1CCN(c2ccc(NC(=O)CCl)cc2C(=O)NCCN2CCOCC2)CC1. The predicted octanol–water partition coefficient (Wildman–Crippen LogP) is 2.16. The average Bonchev–Trinajstić information content (AvgIpc) is 2.75. The second-order valence-electron chi connectivity index (χ2n) is 7.79. The quantitative estimate of drug-likeness (QED) is 0.659. The molecule has 29 heavy (non-hydrogen) atoms. The van der Waals surface area contributed by atoms with Crippen LogP contribution >= 0.6 is 11.6 Å². The minimum absolute atomic E-state index is 0.117. The molecular formula is C21H31ClN4O3. The van der Waals surface area contributed by atoms with Gasteiger partial charge >= 0.3 is 0 Å². The average molecular weight is 423 g/mol. The van der Waals surface area contributed by atoms with Gasteiger partial charge in [-0.1, -0.05) is 6.92 Å². The molecule has 0 radical (unpaired) electrons. The van der Waals surface area contributed by atoms with Crippen LogP contribution in [0.5, 0.6) is 0 Å². The summed E-state index contributed by atoms with van der Waals surface area (Å²) in [5.74, 6) is 0.186. The smallest absolute Gasteiger partial charge is 0.253 e. The molecule has 2 fully saturated rings. The molecule has 3 rings (SSSR count). The second-order valence-corrected chi connectivity index (χ2v) is 8.06. The molecule has 1 aromatic carbocycles. The molecule has 2 amide bonds. The standard InChI is InChI=1S/C21H31ClN4O3/c1-16-4-7-26(8-5-16)19-3-2-17(24-20(27)15-22)14-18(19)21(28)23-6-9-25-10-12-29-13-11-25/h2-3,14,16H,4-13,15H2,1H3,(H,23,28)(H,24,27). The van der Waals surface area contributed by atoms with Gasteiger partial charge in [-0.2, -0.15) is 0 Å². The number of nitrogens with one attached hydrogen (secondary N) is 2. The van der Waals surface area contributed by atoms with Crippen LogP contribution in [0.15, 0.2) is 18.2 Å². The van der Waals surface area contributed by atoms with Crippen molar-refractivity contribution in [1.29, 1.82) is 0 Å². The number of alkyl halides is 1. The van der Waals surface area contributed by atoms with Gasteiger partial charge in [-0.25, -0.2) is 0 Å². The monoisotopic (exact) mass is 422 g/mol. The van der Waals surface area contributed by atoms with Crippen molar-refractivity contribution in [2.24, 2.45) is 5.92 Å². The Morgan fingerprint density at radius 3 is 2.59 bits per heavy atom. The van der Waals surface area contributed by atoms with Crippen LogP contribution in [-0.2, 0) is 9.53 Å². The summed E-state index contributed by atoms with van der Waals surface area (Å²) in [5.41, 5.74) is 2.10. The molecule has 0 aliphatic carbocycles. The summed E-state index contributed by atoms with van der Waals surface area (Å²) in [4.78, 5) is 29.2. The van der Waals surface area contributed by atoms with Crippen molar-refractivity contribution in [2.75, 3.05) is 68.6 Å². The summed E-state index contributed by atoms with van der Waals surface area (Å²) in [6.07, 6.45) is 2.23. The molecule has 2 heterocycles. The van der Waals surface area contributed by atoms with Gasteiger partial charge < -0.3 is 20.3 Å². The number of anilines is 2. The Hall–Kier alpha value is -1.83. The minimum atomic E-state index is -0.287. The Bertz CT molecular complexity index is 701. The van der Waals surface area contributed by atoms with Gasteiger partial charge in [-0.05, 0) is 37.0 Å². The van der Waals surface area contributed by atoms with E-state index in [1.54, 1.807) is 6.07 Å². The lowest BCUT2D eigenvalue weighted by atomic mass is 9.98. The van der Waals surface area contributed by atoms with Crippen LogP contribution < -0.4 is 15.5 Å². The van der Waals surface area contributed by atoms with Gasteiger partial charge in [0.15, 0.2) is 0 Å². The minimum Gasteiger partial charge on any atom is -0.379 e. The van der Waals surface area contributed by atoms with E-state index in [1.807, 2.05) is 12.1 Å². The van der Waals surface area contributed by atoms with Crippen LogP contribution in [0, 0.1) is 5.92 Å². The zero-order chi connectivity index (χ0) is 20.6. The highest BCUT2D eigenvalue weighted by molar-refractivity contribution is 6.29. The van der Waals surface area contributed by atoms with Crippen LogP contribution in [0.2, 0.25) is 0 Å². The Labute approximate surface area is 177 Å². The number of amides is 2. The summed E-state index contributed by atoms with van der Waals surface area (Å²) >= 11 is 5.60.